The average Bonchev–Trinajstić information content (AvgIpc) is 2.64. The van der Waals surface area contributed by atoms with Gasteiger partial charge in [-0.1, -0.05) is 13.8 Å². The number of hydrogen-bond acceptors (Lipinski definition) is 2. The number of rotatable bonds is 6. The fourth-order valence-electron chi connectivity index (χ4n) is 2.85. The van der Waals surface area contributed by atoms with Crippen LogP contribution >= 0.6 is 0 Å². The zero-order valence-corrected chi connectivity index (χ0v) is 15.1. The van der Waals surface area contributed by atoms with Gasteiger partial charge in [0.15, 0.2) is 11.6 Å². The topological polar surface area (TPSA) is 26.3 Å². The maximum absolute atomic E-state index is 14.2. The molecule has 0 N–H and O–H groups in total. The molecular weight excluding hydrogens is 374 g/mol. The van der Waals surface area contributed by atoms with Crippen molar-refractivity contribution in [3.8, 4) is 5.75 Å². The number of benzene rings is 1. The predicted octanol–water partition coefficient (Wildman–Crippen LogP) is 6.39. The summed E-state index contributed by atoms with van der Waals surface area (Å²) in [6, 6.07) is 1.49. The van der Waals surface area contributed by atoms with Crippen LogP contribution in [0.25, 0.3) is 5.57 Å². The molecule has 0 saturated carbocycles. The standard InChI is InChI=1S/C17H16F6O2.C2H6/c18-5-1-2-9-3-4-11(12(19)6-9)10-7-13(20)15(14(21)8-10)25-17(24)16(22)23;1-2/h7-9,16H,1-6H2;1-2H3. The lowest BCUT2D eigenvalue weighted by atomic mass is 9.83. The molecule has 1 unspecified atom stereocenters. The van der Waals surface area contributed by atoms with E-state index in [0.717, 1.165) is 12.1 Å². The van der Waals surface area contributed by atoms with Gasteiger partial charge in [0.05, 0.1) is 6.67 Å². The molecule has 8 heteroatoms. The molecule has 2 nitrogen and oxygen atoms in total. The first-order valence-corrected chi connectivity index (χ1v) is 8.76. The van der Waals surface area contributed by atoms with Crippen LogP contribution in [-0.4, -0.2) is 19.1 Å². The fourth-order valence-corrected chi connectivity index (χ4v) is 2.85. The monoisotopic (exact) mass is 396 g/mol. The molecule has 1 aromatic carbocycles. The van der Waals surface area contributed by atoms with Crippen molar-refractivity contribution in [3.63, 3.8) is 0 Å². The van der Waals surface area contributed by atoms with Gasteiger partial charge in [-0.25, -0.2) is 18.0 Å². The van der Waals surface area contributed by atoms with Gasteiger partial charge < -0.3 is 4.74 Å². The number of carbonyl (C=O) groups is 1. The van der Waals surface area contributed by atoms with Crippen molar-refractivity contribution in [3.05, 3.63) is 35.2 Å². The molecule has 0 aromatic heterocycles. The largest absolute Gasteiger partial charge is 0.416 e. The van der Waals surface area contributed by atoms with Crippen LogP contribution in [0.3, 0.4) is 0 Å². The maximum atomic E-state index is 14.2. The third kappa shape index (κ3) is 6.29. The van der Waals surface area contributed by atoms with Gasteiger partial charge in [-0.15, -0.1) is 0 Å². The van der Waals surface area contributed by atoms with E-state index in [1.807, 2.05) is 13.8 Å². The van der Waals surface area contributed by atoms with Crippen molar-refractivity contribution in [1.29, 1.82) is 0 Å². The van der Waals surface area contributed by atoms with Crippen LogP contribution in [0.2, 0.25) is 0 Å². The summed E-state index contributed by atoms with van der Waals surface area (Å²) in [5, 5.41) is 0. The second-order valence-electron chi connectivity index (χ2n) is 5.81. The first kappa shape index (κ1) is 23.0. The molecule has 0 spiro atoms. The summed E-state index contributed by atoms with van der Waals surface area (Å²) < 4.78 is 82.5. The van der Waals surface area contributed by atoms with E-state index >= 15 is 0 Å². The van der Waals surface area contributed by atoms with Crippen LogP contribution in [-0.2, 0) is 4.79 Å². The Labute approximate surface area is 154 Å². The smallest absolute Gasteiger partial charge is 0.379 e. The molecule has 2 rings (SSSR count). The Kier molecular flexibility index (Phi) is 9.38. The molecule has 1 aromatic rings. The van der Waals surface area contributed by atoms with E-state index < -0.39 is 42.3 Å². The van der Waals surface area contributed by atoms with E-state index in [9.17, 15) is 31.1 Å². The van der Waals surface area contributed by atoms with Crippen LogP contribution in [0, 0.1) is 17.6 Å². The highest BCUT2D eigenvalue weighted by Gasteiger charge is 2.26. The van der Waals surface area contributed by atoms with Gasteiger partial charge in [-0.2, -0.15) is 8.78 Å². The number of hydrogen-bond donors (Lipinski definition) is 0. The van der Waals surface area contributed by atoms with Crippen molar-refractivity contribution in [2.75, 3.05) is 6.67 Å². The van der Waals surface area contributed by atoms with Crippen LogP contribution in [0.1, 0.15) is 51.5 Å². The number of alkyl halides is 3. The fraction of sp³-hybridized carbons (Fsp3) is 0.526. The summed E-state index contributed by atoms with van der Waals surface area (Å²) in [7, 11) is 0. The van der Waals surface area contributed by atoms with Gasteiger partial charge in [0, 0.05) is 6.42 Å². The number of halogens is 6. The molecule has 1 atom stereocenters. The van der Waals surface area contributed by atoms with E-state index in [2.05, 4.69) is 4.74 Å². The Morgan fingerprint density at radius 1 is 1.19 bits per heavy atom. The van der Waals surface area contributed by atoms with Gasteiger partial charge in [-0.3, -0.25) is 4.39 Å². The van der Waals surface area contributed by atoms with Gasteiger partial charge in [-0.05, 0) is 54.9 Å². The van der Waals surface area contributed by atoms with Crippen LogP contribution in [0.4, 0.5) is 26.3 Å². The Hall–Kier alpha value is -1.99. The first-order chi connectivity index (χ1) is 12.8. The Morgan fingerprint density at radius 3 is 2.26 bits per heavy atom. The maximum Gasteiger partial charge on any atom is 0.379 e. The Balaban J connectivity index is 0.00000176. The minimum Gasteiger partial charge on any atom is -0.416 e. The highest BCUT2D eigenvalue weighted by molar-refractivity contribution is 5.76. The minimum atomic E-state index is -3.53. The number of ether oxygens (including phenoxy) is 1. The highest BCUT2D eigenvalue weighted by Crippen LogP contribution is 2.39. The highest BCUT2D eigenvalue weighted by atomic mass is 19.3. The molecule has 0 radical (unpaired) electrons. The third-order valence-electron chi connectivity index (χ3n) is 4.07. The molecular formula is C19H22F6O2. The Bertz CT molecular complexity index is 649. The minimum absolute atomic E-state index is 0.0273. The lowest BCUT2D eigenvalue weighted by Gasteiger charge is -2.23. The molecule has 152 valence electrons. The first-order valence-electron chi connectivity index (χ1n) is 8.76. The van der Waals surface area contributed by atoms with E-state index in [1.165, 1.54) is 0 Å². The Morgan fingerprint density at radius 2 is 1.78 bits per heavy atom. The van der Waals surface area contributed by atoms with Gasteiger partial charge in [0.1, 0.15) is 5.83 Å². The van der Waals surface area contributed by atoms with E-state index in [1.54, 1.807) is 0 Å². The van der Waals surface area contributed by atoms with Crippen molar-refractivity contribution < 1.29 is 35.9 Å². The van der Waals surface area contributed by atoms with Crippen LogP contribution < -0.4 is 4.74 Å². The summed E-state index contributed by atoms with van der Waals surface area (Å²) in [5.41, 5.74) is 0.0364. The number of allylic oxidation sites excluding steroid dienone is 2. The zero-order chi connectivity index (χ0) is 20.6. The van der Waals surface area contributed by atoms with E-state index in [0.29, 0.717) is 19.3 Å². The molecule has 1 aliphatic rings. The van der Waals surface area contributed by atoms with Gasteiger partial charge in [0.25, 0.3) is 0 Å². The predicted molar refractivity (Wildman–Crippen MR) is 89.9 cm³/mol. The van der Waals surface area contributed by atoms with Crippen LogP contribution in [0.15, 0.2) is 18.0 Å². The summed E-state index contributed by atoms with van der Waals surface area (Å²) in [6.07, 6.45) is -1.84. The summed E-state index contributed by atoms with van der Waals surface area (Å²) in [5.74, 6) is -6.63. The van der Waals surface area contributed by atoms with Crippen molar-refractivity contribution >= 4 is 11.5 Å². The quantitative estimate of drug-likeness (QED) is 0.316. The number of carbonyl (C=O) groups excluding carboxylic acids is 1. The van der Waals surface area contributed by atoms with Crippen LogP contribution in [0.5, 0.6) is 5.75 Å². The molecule has 27 heavy (non-hydrogen) atoms. The zero-order valence-electron chi connectivity index (χ0n) is 15.1. The van der Waals surface area contributed by atoms with E-state index in [4.69, 9.17) is 0 Å². The van der Waals surface area contributed by atoms with Gasteiger partial charge >= 0.3 is 12.4 Å². The summed E-state index contributed by atoms with van der Waals surface area (Å²) in [6.45, 7) is 3.52. The van der Waals surface area contributed by atoms with Crippen molar-refractivity contribution in [2.45, 2.75) is 52.4 Å². The SMILES string of the molecule is CC.O=C(Oc1c(F)cc(C2=C(F)CC(CCCF)CC2)cc1F)C(F)F. The lowest BCUT2D eigenvalue weighted by molar-refractivity contribution is -0.146. The molecule has 0 aliphatic heterocycles. The third-order valence-corrected chi connectivity index (χ3v) is 4.07. The molecule has 0 saturated heterocycles. The molecule has 0 heterocycles. The summed E-state index contributed by atoms with van der Waals surface area (Å²) >= 11 is 0. The average molecular weight is 396 g/mol. The molecule has 1 aliphatic carbocycles. The lowest BCUT2D eigenvalue weighted by Crippen LogP contribution is -2.19. The van der Waals surface area contributed by atoms with Crippen molar-refractivity contribution in [2.24, 2.45) is 5.92 Å². The normalized spacial score (nSPS) is 16.9. The second-order valence-corrected chi connectivity index (χ2v) is 5.81. The van der Waals surface area contributed by atoms with Crippen molar-refractivity contribution in [1.82, 2.24) is 0 Å². The summed E-state index contributed by atoms with van der Waals surface area (Å²) in [4.78, 5) is 10.8. The molecule has 0 bridgehead atoms. The molecule has 0 amide bonds. The molecule has 0 fully saturated rings. The number of esters is 1. The van der Waals surface area contributed by atoms with E-state index in [-0.39, 0.29) is 29.9 Å². The second kappa shape index (κ2) is 11.0. The van der Waals surface area contributed by atoms with Gasteiger partial charge in [0.2, 0.25) is 5.75 Å².